The van der Waals surface area contributed by atoms with Gasteiger partial charge >= 0.3 is 6.09 Å². The van der Waals surface area contributed by atoms with E-state index < -0.39 is 5.60 Å². The van der Waals surface area contributed by atoms with Gasteiger partial charge in [-0.2, -0.15) is 5.10 Å². The first kappa shape index (κ1) is 15.3. The lowest BCUT2D eigenvalue weighted by atomic mass is 9.91. The van der Waals surface area contributed by atoms with Crippen LogP contribution in [0, 0.1) is 0 Å². The molecular weight excluding hydrogens is 280 g/mol. The van der Waals surface area contributed by atoms with Crippen LogP contribution in [0.3, 0.4) is 0 Å². The fourth-order valence-electron chi connectivity index (χ4n) is 3.55. The molecule has 6 nitrogen and oxygen atoms in total. The molecule has 1 aromatic heterocycles. The summed E-state index contributed by atoms with van der Waals surface area (Å²) in [6, 6.07) is 2.55. The van der Waals surface area contributed by atoms with Crippen molar-refractivity contribution in [1.29, 1.82) is 0 Å². The third kappa shape index (κ3) is 3.43. The third-order valence-corrected chi connectivity index (χ3v) is 4.36. The van der Waals surface area contributed by atoms with Crippen LogP contribution in [-0.2, 0) is 11.3 Å². The molecule has 2 atom stereocenters. The number of piperazine rings is 1. The Balaban J connectivity index is 1.67. The third-order valence-electron chi connectivity index (χ3n) is 4.36. The standard InChI is InChI=1S/C16H26N4O2/c1-16(2,3)22-15(21)20-13-5-4-6-14(20)11-19(10-13)9-12-7-8-17-18-12/h7-8,13-14H,4-6,9-11H2,1-3H3,(H,17,18)/t13-,14-/m0/s1. The smallest absolute Gasteiger partial charge is 0.410 e. The van der Waals surface area contributed by atoms with E-state index in [1.165, 1.54) is 6.42 Å². The average molecular weight is 306 g/mol. The zero-order valence-corrected chi connectivity index (χ0v) is 13.7. The van der Waals surface area contributed by atoms with Gasteiger partial charge < -0.3 is 4.74 Å². The first-order chi connectivity index (χ1) is 10.4. The van der Waals surface area contributed by atoms with Crippen molar-refractivity contribution >= 4 is 6.09 Å². The zero-order chi connectivity index (χ0) is 15.7. The second-order valence-corrected chi connectivity index (χ2v) is 7.40. The second-order valence-electron chi connectivity index (χ2n) is 7.40. The first-order valence-electron chi connectivity index (χ1n) is 8.14. The molecule has 6 heteroatoms. The number of amides is 1. The summed E-state index contributed by atoms with van der Waals surface area (Å²) < 4.78 is 5.61. The van der Waals surface area contributed by atoms with Gasteiger partial charge in [-0.05, 0) is 46.1 Å². The highest BCUT2D eigenvalue weighted by atomic mass is 16.6. The number of fused-ring (bicyclic) bond motifs is 2. The minimum Gasteiger partial charge on any atom is -0.444 e. The maximum atomic E-state index is 12.5. The molecular formula is C16H26N4O2. The number of aromatic amines is 1. The van der Waals surface area contributed by atoms with Crippen molar-refractivity contribution in [3.63, 3.8) is 0 Å². The SMILES string of the molecule is CC(C)(C)OC(=O)N1[C@H]2CCC[C@H]1CN(Cc1ccn[nH]1)C2. The van der Waals surface area contributed by atoms with Gasteiger partial charge in [-0.15, -0.1) is 0 Å². The van der Waals surface area contributed by atoms with Crippen molar-refractivity contribution < 1.29 is 9.53 Å². The minimum atomic E-state index is -0.432. The van der Waals surface area contributed by atoms with E-state index in [-0.39, 0.29) is 18.2 Å². The number of nitrogens with zero attached hydrogens (tertiary/aromatic N) is 3. The molecule has 0 saturated carbocycles. The highest BCUT2D eigenvalue weighted by molar-refractivity contribution is 5.69. The Morgan fingerprint density at radius 3 is 2.59 bits per heavy atom. The molecule has 2 aliphatic heterocycles. The zero-order valence-electron chi connectivity index (χ0n) is 13.7. The number of H-pyrrole nitrogens is 1. The summed E-state index contributed by atoms with van der Waals surface area (Å²) in [4.78, 5) is 16.9. The Morgan fingerprint density at radius 2 is 2.05 bits per heavy atom. The number of aromatic nitrogens is 2. The van der Waals surface area contributed by atoms with Crippen LogP contribution in [-0.4, -0.2) is 56.9 Å². The molecule has 22 heavy (non-hydrogen) atoms. The van der Waals surface area contributed by atoms with Crippen LogP contribution in [0.1, 0.15) is 45.7 Å². The lowest BCUT2D eigenvalue weighted by Crippen LogP contribution is -2.62. The van der Waals surface area contributed by atoms with Crippen LogP contribution in [0.15, 0.2) is 12.3 Å². The van der Waals surface area contributed by atoms with Crippen molar-refractivity contribution in [3.05, 3.63) is 18.0 Å². The van der Waals surface area contributed by atoms with E-state index >= 15 is 0 Å². The molecule has 3 rings (SSSR count). The molecule has 0 unspecified atom stereocenters. The van der Waals surface area contributed by atoms with Crippen LogP contribution in [0.4, 0.5) is 4.79 Å². The van der Waals surface area contributed by atoms with Gasteiger partial charge in [-0.1, -0.05) is 0 Å². The number of carbonyl (C=O) groups excluding carboxylic acids is 1. The Bertz CT molecular complexity index is 495. The normalized spacial score (nSPS) is 26.0. The molecule has 2 aliphatic rings. The number of rotatable bonds is 2. The topological polar surface area (TPSA) is 61.5 Å². The number of nitrogens with one attached hydrogen (secondary N) is 1. The molecule has 3 heterocycles. The fraction of sp³-hybridized carbons (Fsp3) is 0.750. The predicted octanol–water partition coefficient (Wildman–Crippen LogP) is 2.38. The summed E-state index contributed by atoms with van der Waals surface area (Å²) in [5.74, 6) is 0. The summed E-state index contributed by atoms with van der Waals surface area (Å²) >= 11 is 0. The van der Waals surface area contributed by atoms with E-state index in [4.69, 9.17) is 4.74 Å². The van der Waals surface area contributed by atoms with Gasteiger partial charge in [0.15, 0.2) is 0 Å². The summed E-state index contributed by atoms with van der Waals surface area (Å²) in [6.45, 7) is 8.47. The van der Waals surface area contributed by atoms with Crippen LogP contribution in [0.2, 0.25) is 0 Å². The maximum Gasteiger partial charge on any atom is 0.410 e. The van der Waals surface area contributed by atoms with E-state index in [0.717, 1.165) is 38.2 Å². The van der Waals surface area contributed by atoms with Gasteiger partial charge in [-0.25, -0.2) is 4.79 Å². The van der Waals surface area contributed by atoms with Crippen LogP contribution < -0.4 is 0 Å². The monoisotopic (exact) mass is 306 g/mol. The molecule has 2 fully saturated rings. The number of piperidine rings is 1. The van der Waals surface area contributed by atoms with Gasteiger partial charge in [-0.3, -0.25) is 14.9 Å². The van der Waals surface area contributed by atoms with Crippen LogP contribution >= 0.6 is 0 Å². The second kappa shape index (κ2) is 5.91. The van der Waals surface area contributed by atoms with Crippen molar-refractivity contribution in [3.8, 4) is 0 Å². The van der Waals surface area contributed by atoms with Crippen LogP contribution in [0.5, 0.6) is 0 Å². The number of hydrogen-bond acceptors (Lipinski definition) is 4. The Hall–Kier alpha value is -1.56. The number of likely N-dealkylation sites (tertiary alicyclic amines) is 1. The maximum absolute atomic E-state index is 12.5. The van der Waals surface area contributed by atoms with Gasteiger partial charge in [0.05, 0.1) is 0 Å². The van der Waals surface area contributed by atoms with Crippen molar-refractivity contribution in [2.45, 2.75) is 64.3 Å². The predicted molar refractivity (Wildman–Crippen MR) is 83.4 cm³/mol. The van der Waals surface area contributed by atoms with Gasteiger partial charge in [0.2, 0.25) is 0 Å². The quantitative estimate of drug-likeness (QED) is 0.911. The van der Waals surface area contributed by atoms with Crippen molar-refractivity contribution in [1.82, 2.24) is 20.0 Å². The molecule has 1 aromatic rings. The molecule has 0 aromatic carbocycles. The highest BCUT2D eigenvalue weighted by Gasteiger charge is 2.41. The Labute approximate surface area is 131 Å². The highest BCUT2D eigenvalue weighted by Crippen LogP contribution is 2.30. The molecule has 0 aliphatic carbocycles. The molecule has 2 saturated heterocycles. The van der Waals surface area contributed by atoms with E-state index in [1.54, 1.807) is 6.20 Å². The molecule has 0 spiro atoms. The van der Waals surface area contributed by atoms with Gasteiger partial charge in [0, 0.05) is 43.6 Å². The lowest BCUT2D eigenvalue weighted by molar-refractivity contribution is -0.0392. The largest absolute Gasteiger partial charge is 0.444 e. The Kier molecular flexibility index (Phi) is 4.12. The first-order valence-corrected chi connectivity index (χ1v) is 8.14. The van der Waals surface area contributed by atoms with Crippen molar-refractivity contribution in [2.24, 2.45) is 0 Å². The van der Waals surface area contributed by atoms with Crippen LogP contribution in [0.25, 0.3) is 0 Å². The summed E-state index contributed by atoms with van der Waals surface area (Å²) in [6.07, 6.45) is 4.97. The molecule has 2 bridgehead atoms. The van der Waals surface area contributed by atoms with E-state index in [0.29, 0.717) is 0 Å². The van der Waals surface area contributed by atoms with E-state index in [1.807, 2.05) is 31.7 Å². The molecule has 122 valence electrons. The van der Waals surface area contributed by atoms with E-state index in [9.17, 15) is 4.79 Å². The lowest BCUT2D eigenvalue weighted by Gasteiger charge is -2.49. The minimum absolute atomic E-state index is 0.150. The molecule has 1 amide bonds. The summed E-state index contributed by atoms with van der Waals surface area (Å²) in [5, 5.41) is 7.03. The van der Waals surface area contributed by atoms with Gasteiger partial charge in [0.25, 0.3) is 0 Å². The number of carbonyl (C=O) groups is 1. The summed E-state index contributed by atoms with van der Waals surface area (Å²) in [7, 11) is 0. The van der Waals surface area contributed by atoms with E-state index in [2.05, 4.69) is 15.1 Å². The molecule has 0 radical (unpaired) electrons. The fourth-order valence-corrected chi connectivity index (χ4v) is 3.55. The average Bonchev–Trinajstić information content (AvgIpc) is 2.88. The Morgan fingerprint density at radius 1 is 1.36 bits per heavy atom. The molecule has 1 N–H and O–H groups in total. The number of hydrogen-bond donors (Lipinski definition) is 1. The number of ether oxygens (including phenoxy) is 1. The summed E-state index contributed by atoms with van der Waals surface area (Å²) in [5.41, 5.74) is 0.696. The van der Waals surface area contributed by atoms with Gasteiger partial charge in [0.1, 0.15) is 5.60 Å². The van der Waals surface area contributed by atoms with Crippen molar-refractivity contribution in [2.75, 3.05) is 13.1 Å².